The topological polar surface area (TPSA) is 342 Å². The number of nitrogens with zero attached hydrogens (tertiary/aromatic N) is 4. The van der Waals surface area contributed by atoms with Gasteiger partial charge in [0.05, 0.1) is 37.7 Å². The highest BCUT2D eigenvalue weighted by molar-refractivity contribution is 5.95. The fourth-order valence-electron chi connectivity index (χ4n) is 8.65. The van der Waals surface area contributed by atoms with Crippen molar-refractivity contribution in [2.45, 2.75) is 75.9 Å². The van der Waals surface area contributed by atoms with Gasteiger partial charge < -0.3 is 63.2 Å². The summed E-state index contributed by atoms with van der Waals surface area (Å²) in [4.78, 5) is 83.1. The van der Waals surface area contributed by atoms with E-state index in [-0.39, 0.29) is 50.2 Å². The molecule has 0 spiro atoms. The van der Waals surface area contributed by atoms with Crippen molar-refractivity contribution in [1.82, 2.24) is 46.2 Å². The Bertz CT molecular complexity index is 2260. The Morgan fingerprint density at radius 2 is 1.20 bits per heavy atom. The highest BCUT2D eigenvalue weighted by Gasteiger charge is 2.39. The highest BCUT2D eigenvalue weighted by Crippen LogP contribution is 2.34. The molecule has 3 aromatic carbocycles. The molecule has 1 heterocycles. The first-order valence-electron chi connectivity index (χ1n) is 25.9. The lowest BCUT2D eigenvalue weighted by Gasteiger charge is -2.33. The van der Waals surface area contributed by atoms with Gasteiger partial charge in [0.1, 0.15) is 17.5 Å². The smallest absolute Gasteiger partial charge is 0.317 e. The molecule has 1 aliphatic heterocycles. The summed E-state index contributed by atoms with van der Waals surface area (Å²) in [5.41, 5.74) is 12.6. The summed E-state index contributed by atoms with van der Waals surface area (Å²) in [5.74, 6) is -3.55. The molecule has 23 heteroatoms. The monoisotopic (exact) mass is 1060 g/mol. The molecule has 0 bridgehead atoms. The second-order valence-electron chi connectivity index (χ2n) is 19.1. The first-order valence-corrected chi connectivity index (χ1v) is 25.9. The molecule has 1 unspecified atom stereocenters. The number of hydrogen-bond acceptors (Lipinski definition) is 15. The molecule has 1 saturated heterocycles. The van der Waals surface area contributed by atoms with E-state index in [2.05, 4.69) is 31.5 Å². The van der Waals surface area contributed by atoms with Gasteiger partial charge >= 0.3 is 17.9 Å². The minimum absolute atomic E-state index is 0.105. The standard InChI is InChI=1S/C53H80N12O11/c1-53(40-11-3-2-4-12-40,51(75)61-45(16-10-23-59-52(55)56)50(74)60-34-39-17-19-42(66)20-18-39)41-13-9-14-43(33-41)76-32-8-7-22-58-49(73)44(54)15-5-6-21-57-38-65-30-28-63(36-47(69)70)26-24-62(35-46(67)68)25-27-64(29-31-65)37-48(71)72/h2-4,9,11-14,17-20,33,44-45,57,66H,5-8,10,15-16,21-32,34-38,54H2,1H3,(H,58,73)(H,60,74)(H,61,75)(H,67,68)(H,69,70)(H,71,72)(H4,55,56,59)/t44-,45-,53?/m1/s1. The van der Waals surface area contributed by atoms with E-state index < -0.39 is 47.2 Å². The van der Waals surface area contributed by atoms with Gasteiger partial charge in [0, 0.05) is 78.7 Å². The number of benzene rings is 3. The van der Waals surface area contributed by atoms with E-state index in [1.165, 1.54) is 12.1 Å². The molecule has 4 rings (SSSR count). The van der Waals surface area contributed by atoms with E-state index >= 15 is 0 Å². The van der Waals surface area contributed by atoms with Gasteiger partial charge in [0.2, 0.25) is 17.7 Å². The molecule has 76 heavy (non-hydrogen) atoms. The Hall–Kier alpha value is -6.89. The summed E-state index contributed by atoms with van der Waals surface area (Å²) in [7, 11) is 0. The number of carbonyl (C=O) groups excluding carboxylic acids is 3. The number of hydrogen-bond donors (Lipinski definition) is 12. The van der Waals surface area contributed by atoms with Crippen molar-refractivity contribution < 1.29 is 53.9 Å². The van der Waals surface area contributed by atoms with Crippen LogP contribution < -0.4 is 42.8 Å². The largest absolute Gasteiger partial charge is 0.508 e. The van der Waals surface area contributed by atoms with Crippen molar-refractivity contribution in [3.63, 3.8) is 0 Å². The maximum atomic E-state index is 14.6. The quantitative estimate of drug-likeness (QED) is 0.0238. The lowest BCUT2D eigenvalue weighted by Crippen LogP contribution is -2.52. The summed E-state index contributed by atoms with van der Waals surface area (Å²) in [6, 6.07) is 21.4. The van der Waals surface area contributed by atoms with Crippen LogP contribution in [0.4, 0.5) is 0 Å². The van der Waals surface area contributed by atoms with Gasteiger partial charge in [-0.25, -0.2) is 0 Å². The highest BCUT2D eigenvalue weighted by atomic mass is 16.5. The molecule has 3 aromatic rings. The molecule has 3 amide bonds. The molecular formula is C53H80N12O11. The number of ether oxygens (including phenoxy) is 1. The number of carboxylic acids is 3. The van der Waals surface area contributed by atoms with E-state index in [9.17, 15) is 49.2 Å². The van der Waals surface area contributed by atoms with Crippen LogP contribution in [-0.4, -0.2) is 199 Å². The number of amides is 3. The first kappa shape index (κ1) is 61.7. The summed E-state index contributed by atoms with van der Waals surface area (Å²) in [6.07, 6.45) is 3.88. The third-order valence-corrected chi connectivity index (χ3v) is 13.2. The minimum atomic E-state index is -1.25. The molecule has 1 fully saturated rings. The van der Waals surface area contributed by atoms with Gasteiger partial charge in [-0.15, -0.1) is 0 Å². The van der Waals surface area contributed by atoms with Crippen molar-refractivity contribution in [1.29, 1.82) is 5.41 Å². The Morgan fingerprint density at radius 1 is 0.645 bits per heavy atom. The van der Waals surface area contributed by atoms with E-state index in [0.717, 1.165) is 12.0 Å². The van der Waals surface area contributed by atoms with Gasteiger partial charge in [-0.05, 0) is 92.9 Å². The number of aromatic hydroxyl groups is 1. The molecule has 0 radical (unpaired) electrons. The zero-order valence-electron chi connectivity index (χ0n) is 43.7. The van der Waals surface area contributed by atoms with Crippen molar-refractivity contribution in [3.05, 3.63) is 95.6 Å². The number of carboxylic acid groups (broad SMARTS) is 3. The van der Waals surface area contributed by atoms with Crippen molar-refractivity contribution >= 4 is 41.6 Å². The Kier molecular flexibility index (Phi) is 26.9. The van der Waals surface area contributed by atoms with Crippen LogP contribution in [0, 0.1) is 5.41 Å². The number of nitrogens with two attached hydrogens (primary N) is 2. The van der Waals surface area contributed by atoms with Gasteiger partial charge in [-0.1, -0.05) is 61.0 Å². The maximum Gasteiger partial charge on any atom is 0.317 e. The average molecular weight is 1060 g/mol. The second-order valence-corrected chi connectivity index (χ2v) is 19.1. The van der Waals surface area contributed by atoms with Gasteiger partial charge in [0.25, 0.3) is 0 Å². The van der Waals surface area contributed by atoms with Crippen LogP contribution in [0.3, 0.4) is 0 Å². The van der Waals surface area contributed by atoms with Gasteiger partial charge in [0.15, 0.2) is 5.96 Å². The zero-order chi connectivity index (χ0) is 55.3. The summed E-state index contributed by atoms with van der Waals surface area (Å²) in [6.45, 7) is 6.83. The lowest BCUT2D eigenvalue weighted by atomic mass is 9.75. The van der Waals surface area contributed by atoms with Crippen molar-refractivity contribution in [3.8, 4) is 11.5 Å². The van der Waals surface area contributed by atoms with Gasteiger partial charge in [-0.3, -0.25) is 53.8 Å². The van der Waals surface area contributed by atoms with Crippen LogP contribution >= 0.6 is 0 Å². The van der Waals surface area contributed by atoms with Gasteiger partial charge in [-0.2, -0.15) is 0 Å². The van der Waals surface area contributed by atoms with E-state index in [0.29, 0.717) is 134 Å². The molecule has 418 valence electrons. The molecule has 0 aliphatic carbocycles. The molecule has 23 nitrogen and oxygen atoms in total. The van der Waals surface area contributed by atoms with E-state index in [4.69, 9.17) is 21.6 Å². The minimum Gasteiger partial charge on any atom is -0.508 e. The number of phenols is 1. The fourth-order valence-corrected chi connectivity index (χ4v) is 8.65. The summed E-state index contributed by atoms with van der Waals surface area (Å²) in [5, 5.41) is 60.5. The number of guanidine groups is 1. The Balaban J connectivity index is 1.22. The molecule has 0 saturated carbocycles. The van der Waals surface area contributed by atoms with Crippen LogP contribution in [-0.2, 0) is 40.7 Å². The number of phenolic OH excluding ortho intramolecular Hbond substituents is 1. The number of aliphatic carboxylic acids is 3. The van der Waals surface area contributed by atoms with E-state index in [1.54, 1.807) is 39.8 Å². The van der Waals surface area contributed by atoms with Crippen LogP contribution in [0.2, 0.25) is 0 Å². The Labute approximate surface area is 445 Å². The van der Waals surface area contributed by atoms with Crippen LogP contribution in [0.1, 0.15) is 68.6 Å². The van der Waals surface area contributed by atoms with Crippen LogP contribution in [0.15, 0.2) is 78.9 Å². The zero-order valence-corrected chi connectivity index (χ0v) is 43.7. The normalized spacial score (nSPS) is 15.9. The Morgan fingerprint density at radius 3 is 1.78 bits per heavy atom. The second kappa shape index (κ2) is 33.2. The molecule has 14 N–H and O–H groups in total. The van der Waals surface area contributed by atoms with Crippen molar-refractivity contribution in [2.24, 2.45) is 11.5 Å². The molecular weight excluding hydrogens is 981 g/mol. The maximum absolute atomic E-state index is 14.6. The average Bonchev–Trinajstić information content (AvgIpc) is 3.38. The number of nitrogens with one attached hydrogen (secondary N) is 6. The summed E-state index contributed by atoms with van der Waals surface area (Å²) < 4.78 is 6.15. The third kappa shape index (κ3) is 22.9. The predicted molar refractivity (Wildman–Crippen MR) is 287 cm³/mol. The fraction of sp³-hybridized carbons (Fsp3) is 0.528. The molecule has 3 atom stereocenters. The molecule has 1 aliphatic rings. The number of carbonyl (C=O) groups is 6. The lowest BCUT2D eigenvalue weighted by molar-refractivity contribution is -0.140. The number of rotatable bonds is 31. The first-order chi connectivity index (χ1) is 36.4. The number of unbranched alkanes of at least 4 members (excludes halogenated alkanes) is 2. The van der Waals surface area contributed by atoms with Crippen LogP contribution in [0.5, 0.6) is 11.5 Å². The van der Waals surface area contributed by atoms with Crippen molar-refractivity contribution in [2.75, 3.05) is 105 Å². The predicted octanol–water partition coefficient (Wildman–Crippen LogP) is 0.558. The van der Waals surface area contributed by atoms with E-state index in [1.807, 2.05) is 48.5 Å². The summed E-state index contributed by atoms with van der Waals surface area (Å²) >= 11 is 0. The molecule has 0 aromatic heterocycles. The third-order valence-electron chi connectivity index (χ3n) is 13.2. The SMILES string of the molecule is CC(C(=O)N[C@H](CCCNC(=N)N)C(=O)NCc1ccc(O)cc1)(c1ccccc1)c1cccc(OCCCCNC(=O)[C@H](N)CCCCNCN2CCN(CC(=O)O)CCN(CC(=O)O)CCN(CC(=O)O)CC2)c1. The van der Waals surface area contributed by atoms with Crippen LogP contribution in [0.25, 0.3) is 0 Å².